The predicted molar refractivity (Wildman–Crippen MR) is 102 cm³/mol. The molecule has 2 amide bonds. The molecule has 0 saturated heterocycles. The molecule has 5 heteroatoms. The smallest absolute Gasteiger partial charge is 0.319 e. The fourth-order valence-electron chi connectivity index (χ4n) is 2.55. The third-order valence-electron chi connectivity index (χ3n) is 3.89. The van der Waals surface area contributed by atoms with Crippen molar-refractivity contribution in [2.75, 3.05) is 24.3 Å². The second-order valence-corrected chi connectivity index (χ2v) is 6.01. The van der Waals surface area contributed by atoms with Crippen molar-refractivity contribution in [1.29, 1.82) is 0 Å². The van der Waals surface area contributed by atoms with Crippen molar-refractivity contribution in [2.24, 2.45) is 0 Å². The first-order valence-corrected chi connectivity index (χ1v) is 8.16. The number of rotatable bonds is 5. The third kappa shape index (κ3) is 4.41. The van der Waals surface area contributed by atoms with Crippen molar-refractivity contribution in [3.05, 3.63) is 78.6 Å². The molecule has 0 aliphatic rings. The first-order valence-electron chi connectivity index (χ1n) is 8.16. The Balaban J connectivity index is 1.60. The molecule has 0 saturated carbocycles. The van der Waals surface area contributed by atoms with E-state index in [2.05, 4.69) is 16.7 Å². The van der Waals surface area contributed by atoms with Crippen LogP contribution in [0.3, 0.4) is 0 Å². The molecular weight excluding hydrogens is 312 g/mol. The number of amides is 2. The van der Waals surface area contributed by atoms with Crippen molar-refractivity contribution in [3.8, 4) is 5.69 Å². The average molecular weight is 334 g/mol. The number of nitrogens with zero attached hydrogens (tertiary/aromatic N) is 2. The topological polar surface area (TPSA) is 49.3 Å². The summed E-state index contributed by atoms with van der Waals surface area (Å²) >= 11 is 0. The molecule has 0 unspecified atom stereocenters. The molecule has 3 aromatic rings. The van der Waals surface area contributed by atoms with E-state index in [1.165, 1.54) is 0 Å². The summed E-state index contributed by atoms with van der Waals surface area (Å²) in [7, 11) is 3.99. The van der Waals surface area contributed by atoms with Crippen LogP contribution in [0.2, 0.25) is 0 Å². The summed E-state index contributed by atoms with van der Waals surface area (Å²) in [5, 5.41) is 5.77. The Morgan fingerprint density at radius 2 is 1.76 bits per heavy atom. The van der Waals surface area contributed by atoms with Crippen LogP contribution in [0, 0.1) is 0 Å². The number of nitrogens with one attached hydrogen (secondary N) is 2. The van der Waals surface area contributed by atoms with Gasteiger partial charge in [-0.05, 0) is 48.0 Å². The summed E-state index contributed by atoms with van der Waals surface area (Å²) in [6.07, 6.45) is 3.94. The summed E-state index contributed by atoms with van der Waals surface area (Å²) in [5.41, 5.74) is 3.92. The number of hydrogen-bond acceptors (Lipinski definition) is 2. The molecule has 0 spiro atoms. The minimum atomic E-state index is -0.222. The number of benzene rings is 2. The highest BCUT2D eigenvalue weighted by atomic mass is 16.2. The second-order valence-electron chi connectivity index (χ2n) is 6.01. The Labute approximate surface area is 147 Å². The monoisotopic (exact) mass is 334 g/mol. The minimum absolute atomic E-state index is 0.222. The Morgan fingerprint density at radius 1 is 1.00 bits per heavy atom. The van der Waals surface area contributed by atoms with Gasteiger partial charge in [0.05, 0.1) is 0 Å². The van der Waals surface area contributed by atoms with Crippen LogP contribution >= 0.6 is 0 Å². The molecule has 3 rings (SSSR count). The molecule has 0 radical (unpaired) electrons. The van der Waals surface area contributed by atoms with E-state index in [1.54, 1.807) is 0 Å². The van der Waals surface area contributed by atoms with Gasteiger partial charge in [-0.2, -0.15) is 0 Å². The van der Waals surface area contributed by atoms with Crippen molar-refractivity contribution >= 4 is 17.4 Å². The van der Waals surface area contributed by atoms with Gasteiger partial charge in [0.1, 0.15) is 0 Å². The minimum Gasteiger partial charge on any atom is -0.378 e. The van der Waals surface area contributed by atoms with E-state index in [9.17, 15) is 4.79 Å². The van der Waals surface area contributed by atoms with Crippen LogP contribution in [-0.4, -0.2) is 24.7 Å². The van der Waals surface area contributed by atoms with Gasteiger partial charge < -0.3 is 20.1 Å². The lowest BCUT2D eigenvalue weighted by Crippen LogP contribution is -2.28. The van der Waals surface area contributed by atoms with Gasteiger partial charge in [0, 0.05) is 50.1 Å². The van der Waals surface area contributed by atoms with Crippen LogP contribution in [0.5, 0.6) is 0 Å². The van der Waals surface area contributed by atoms with Crippen LogP contribution in [-0.2, 0) is 6.54 Å². The zero-order valence-corrected chi connectivity index (χ0v) is 14.4. The predicted octanol–water partition coefficient (Wildman–Crippen LogP) is 3.87. The quantitative estimate of drug-likeness (QED) is 0.744. The largest absolute Gasteiger partial charge is 0.378 e. The van der Waals surface area contributed by atoms with Crippen LogP contribution in [0.4, 0.5) is 16.2 Å². The molecule has 0 bridgehead atoms. The lowest BCUT2D eigenvalue weighted by molar-refractivity contribution is 0.251. The van der Waals surface area contributed by atoms with E-state index < -0.39 is 0 Å². The lowest BCUT2D eigenvalue weighted by Gasteiger charge is -2.14. The van der Waals surface area contributed by atoms with E-state index in [-0.39, 0.29) is 6.03 Å². The first kappa shape index (κ1) is 16.6. The highest BCUT2D eigenvalue weighted by Crippen LogP contribution is 2.15. The molecule has 128 valence electrons. The van der Waals surface area contributed by atoms with Crippen LogP contribution in [0.25, 0.3) is 5.69 Å². The van der Waals surface area contributed by atoms with Gasteiger partial charge in [-0.1, -0.05) is 18.2 Å². The van der Waals surface area contributed by atoms with E-state index >= 15 is 0 Å². The zero-order valence-electron chi connectivity index (χ0n) is 14.4. The number of hydrogen-bond donors (Lipinski definition) is 2. The van der Waals surface area contributed by atoms with Gasteiger partial charge >= 0.3 is 6.03 Å². The third-order valence-corrected chi connectivity index (χ3v) is 3.89. The maximum atomic E-state index is 12.2. The summed E-state index contributed by atoms with van der Waals surface area (Å²) in [6, 6.07) is 19.5. The Kier molecular flexibility index (Phi) is 5.04. The van der Waals surface area contributed by atoms with Crippen LogP contribution in [0.1, 0.15) is 5.56 Å². The maximum Gasteiger partial charge on any atom is 0.319 e. The number of carbonyl (C=O) groups is 1. The number of carbonyl (C=O) groups excluding carboxylic acids is 1. The molecule has 25 heavy (non-hydrogen) atoms. The molecule has 0 aliphatic heterocycles. The molecular formula is C20H22N4O. The average Bonchev–Trinajstić information content (AvgIpc) is 3.15. The zero-order chi connectivity index (χ0) is 17.6. The summed E-state index contributed by atoms with van der Waals surface area (Å²) in [6.45, 7) is 0.477. The molecule has 0 aliphatic carbocycles. The molecule has 2 N–H and O–H groups in total. The lowest BCUT2D eigenvalue weighted by atomic mass is 10.2. The summed E-state index contributed by atoms with van der Waals surface area (Å²) in [5.74, 6) is 0. The second kappa shape index (κ2) is 7.57. The van der Waals surface area contributed by atoms with Gasteiger partial charge in [-0.15, -0.1) is 0 Å². The first-order chi connectivity index (χ1) is 12.1. The highest BCUT2D eigenvalue weighted by Gasteiger charge is 2.04. The standard InChI is InChI=1S/C20H22N4O/c1-23(2)18-9-5-7-16(13-18)15-21-20(25)22-17-8-6-10-19(14-17)24-11-3-4-12-24/h3-14H,15H2,1-2H3,(H2,21,22,25). The van der Waals surface area contributed by atoms with E-state index in [0.29, 0.717) is 6.54 Å². The maximum absolute atomic E-state index is 12.2. The summed E-state index contributed by atoms with van der Waals surface area (Å²) < 4.78 is 2.00. The van der Waals surface area contributed by atoms with E-state index in [4.69, 9.17) is 0 Å². The SMILES string of the molecule is CN(C)c1cccc(CNC(=O)Nc2cccc(-n3cccc3)c2)c1. The van der Waals surface area contributed by atoms with Gasteiger partial charge in [0.2, 0.25) is 0 Å². The molecule has 2 aromatic carbocycles. The molecule has 1 aromatic heterocycles. The van der Waals surface area contributed by atoms with Crippen molar-refractivity contribution in [3.63, 3.8) is 0 Å². The van der Waals surface area contributed by atoms with Gasteiger partial charge in [0.25, 0.3) is 0 Å². The van der Waals surface area contributed by atoms with Gasteiger partial charge in [-0.3, -0.25) is 0 Å². The fraction of sp³-hybridized carbons (Fsp3) is 0.150. The van der Waals surface area contributed by atoms with E-state index in [1.807, 2.05) is 90.6 Å². The van der Waals surface area contributed by atoms with Crippen molar-refractivity contribution in [2.45, 2.75) is 6.54 Å². The molecule has 5 nitrogen and oxygen atoms in total. The normalized spacial score (nSPS) is 10.3. The number of anilines is 2. The number of aromatic nitrogens is 1. The molecule has 1 heterocycles. The van der Waals surface area contributed by atoms with Gasteiger partial charge in [0.15, 0.2) is 0 Å². The van der Waals surface area contributed by atoms with Crippen LogP contribution in [0.15, 0.2) is 73.1 Å². The molecule has 0 fully saturated rings. The Bertz CT molecular complexity index is 840. The Hall–Kier alpha value is -3.21. The van der Waals surface area contributed by atoms with Crippen molar-refractivity contribution in [1.82, 2.24) is 9.88 Å². The van der Waals surface area contributed by atoms with Crippen LogP contribution < -0.4 is 15.5 Å². The van der Waals surface area contributed by atoms with E-state index in [0.717, 1.165) is 22.6 Å². The fourth-order valence-corrected chi connectivity index (χ4v) is 2.55. The summed E-state index contributed by atoms with van der Waals surface area (Å²) in [4.78, 5) is 14.2. The highest BCUT2D eigenvalue weighted by molar-refractivity contribution is 5.89. The molecule has 0 atom stereocenters. The van der Waals surface area contributed by atoms with Gasteiger partial charge in [-0.25, -0.2) is 4.79 Å². The number of urea groups is 1. The van der Waals surface area contributed by atoms with Crippen molar-refractivity contribution < 1.29 is 4.79 Å². The Morgan fingerprint density at radius 3 is 2.52 bits per heavy atom.